The summed E-state index contributed by atoms with van der Waals surface area (Å²) in [6.07, 6.45) is 0. The molecule has 0 radical (unpaired) electrons. The molecule has 3 aromatic rings. The molecule has 0 atom stereocenters. The van der Waals surface area contributed by atoms with Crippen molar-refractivity contribution in [3.05, 3.63) is 82.6 Å². The first-order valence-electron chi connectivity index (χ1n) is 8.32. The molecule has 0 amide bonds. The van der Waals surface area contributed by atoms with Crippen LogP contribution in [0.5, 0.6) is 17.2 Å². The minimum absolute atomic E-state index is 0.00692. The number of aromatic hydroxyl groups is 1. The van der Waals surface area contributed by atoms with Crippen molar-refractivity contribution in [1.82, 2.24) is 0 Å². The largest absolute Gasteiger partial charge is 0.508 e. The molecule has 0 unspecified atom stereocenters. The molecular weight excluding hydrogens is 369 g/mol. The fourth-order valence-electron chi connectivity index (χ4n) is 2.54. The second-order valence-electron chi connectivity index (χ2n) is 5.87. The van der Waals surface area contributed by atoms with E-state index in [2.05, 4.69) is 5.32 Å². The van der Waals surface area contributed by atoms with Crippen molar-refractivity contribution in [2.75, 3.05) is 12.4 Å². The van der Waals surface area contributed by atoms with Gasteiger partial charge in [0.05, 0.1) is 12.1 Å². The van der Waals surface area contributed by atoms with E-state index < -0.39 is 5.82 Å². The first kappa shape index (κ1) is 18.9. The van der Waals surface area contributed by atoms with Gasteiger partial charge in [0.15, 0.2) is 11.5 Å². The maximum atomic E-state index is 13.9. The van der Waals surface area contributed by atoms with Crippen LogP contribution in [-0.2, 0) is 13.2 Å². The van der Waals surface area contributed by atoms with Crippen LogP contribution in [0.4, 0.5) is 10.1 Å². The molecule has 0 aliphatic carbocycles. The van der Waals surface area contributed by atoms with Crippen LogP contribution in [0.1, 0.15) is 11.1 Å². The first-order valence-corrected chi connectivity index (χ1v) is 8.70. The number of methoxy groups -OCH3 is 1. The van der Waals surface area contributed by atoms with E-state index in [0.29, 0.717) is 28.6 Å². The molecule has 0 spiro atoms. The minimum Gasteiger partial charge on any atom is -0.508 e. The van der Waals surface area contributed by atoms with Crippen LogP contribution in [0.2, 0.25) is 5.02 Å². The number of benzene rings is 3. The summed E-state index contributed by atoms with van der Waals surface area (Å²) in [7, 11) is 1.55. The van der Waals surface area contributed by atoms with Gasteiger partial charge in [0.1, 0.15) is 18.2 Å². The van der Waals surface area contributed by atoms with E-state index in [9.17, 15) is 9.50 Å². The van der Waals surface area contributed by atoms with Gasteiger partial charge >= 0.3 is 0 Å². The molecule has 27 heavy (non-hydrogen) atoms. The number of halogens is 2. The average molecular weight is 388 g/mol. The third kappa shape index (κ3) is 4.83. The van der Waals surface area contributed by atoms with Crippen LogP contribution in [0.15, 0.2) is 60.7 Å². The highest BCUT2D eigenvalue weighted by atomic mass is 35.5. The van der Waals surface area contributed by atoms with Gasteiger partial charge < -0.3 is 19.9 Å². The summed E-state index contributed by atoms with van der Waals surface area (Å²) < 4.78 is 25.0. The topological polar surface area (TPSA) is 50.7 Å². The zero-order valence-corrected chi connectivity index (χ0v) is 15.5. The number of phenols is 1. The Morgan fingerprint density at radius 3 is 2.52 bits per heavy atom. The first-order chi connectivity index (χ1) is 13.1. The maximum Gasteiger partial charge on any atom is 0.161 e. The predicted molar refractivity (Wildman–Crippen MR) is 104 cm³/mol. The fraction of sp³-hybridized carbons (Fsp3) is 0.143. The highest BCUT2D eigenvalue weighted by Gasteiger charge is 2.11. The van der Waals surface area contributed by atoms with Crippen molar-refractivity contribution in [2.24, 2.45) is 0 Å². The molecule has 2 N–H and O–H groups in total. The highest BCUT2D eigenvalue weighted by molar-refractivity contribution is 6.31. The van der Waals surface area contributed by atoms with Gasteiger partial charge in [-0.1, -0.05) is 23.7 Å². The zero-order chi connectivity index (χ0) is 19.2. The van der Waals surface area contributed by atoms with Crippen LogP contribution in [0, 0.1) is 5.82 Å². The number of phenolic OH excluding ortho intramolecular Hbond substituents is 1. The van der Waals surface area contributed by atoms with Crippen molar-refractivity contribution in [3.63, 3.8) is 0 Å². The zero-order valence-electron chi connectivity index (χ0n) is 14.7. The van der Waals surface area contributed by atoms with Crippen LogP contribution in [0.3, 0.4) is 0 Å². The Labute approximate surface area is 162 Å². The van der Waals surface area contributed by atoms with Crippen molar-refractivity contribution in [2.45, 2.75) is 13.2 Å². The molecule has 0 saturated carbocycles. The molecule has 4 nitrogen and oxygen atoms in total. The Hall–Kier alpha value is -2.92. The van der Waals surface area contributed by atoms with Gasteiger partial charge in [0.25, 0.3) is 0 Å². The Balaban J connectivity index is 1.67. The Bertz CT molecular complexity index is 896. The van der Waals surface area contributed by atoms with Crippen LogP contribution < -0.4 is 14.8 Å². The van der Waals surface area contributed by atoms with Gasteiger partial charge in [-0.05, 0) is 54.1 Å². The third-order valence-corrected chi connectivity index (χ3v) is 4.38. The van der Waals surface area contributed by atoms with E-state index in [0.717, 1.165) is 11.3 Å². The molecule has 3 aromatic carbocycles. The monoisotopic (exact) mass is 387 g/mol. The summed E-state index contributed by atoms with van der Waals surface area (Å²) in [6.45, 7) is 0.577. The average Bonchev–Trinajstić information content (AvgIpc) is 2.67. The van der Waals surface area contributed by atoms with E-state index in [4.69, 9.17) is 21.1 Å². The van der Waals surface area contributed by atoms with Crippen LogP contribution in [0.25, 0.3) is 0 Å². The number of nitrogens with one attached hydrogen (secondary N) is 1. The summed E-state index contributed by atoms with van der Waals surface area (Å²) in [5.74, 6) is 0.868. The lowest BCUT2D eigenvalue weighted by Crippen LogP contribution is -2.03. The molecule has 0 fully saturated rings. The fourth-order valence-corrected chi connectivity index (χ4v) is 2.76. The molecule has 0 aliphatic heterocycles. The summed E-state index contributed by atoms with van der Waals surface area (Å²) in [5.41, 5.74) is 2.18. The number of hydrogen-bond acceptors (Lipinski definition) is 4. The van der Waals surface area contributed by atoms with E-state index in [-0.39, 0.29) is 12.4 Å². The van der Waals surface area contributed by atoms with Crippen molar-refractivity contribution < 1.29 is 19.0 Å². The molecule has 3 rings (SSSR count). The van der Waals surface area contributed by atoms with Crippen molar-refractivity contribution in [3.8, 4) is 17.2 Å². The van der Waals surface area contributed by atoms with E-state index in [1.807, 2.05) is 12.1 Å². The second-order valence-corrected chi connectivity index (χ2v) is 6.28. The number of rotatable bonds is 7. The van der Waals surface area contributed by atoms with Gasteiger partial charge in [-0.15, -0.1) is 0 Å². The smallest absolute Gasteiger partial charge is 0.161 e. The Morgan fingerprint density at radius 1 is 1.04 bits per heavy atom. The van der Waals surface area contributed by atoms with Crippen LogP contribution in [-0.4, -0.2) is 12.2 Å². The maximum absolute atomic E-state index is 13.9. The van der Waals surface area contributed by atoms with E-state index >= 15 is 0 Å². The van der Waals surface area contributed by atoms with Gasteiger partial charge in [0, 0.05) is 17.8 Å². The predicted octanol–water partition coefficient (Wildman–Crippen LogP) is 5.38. The lowest BCUT2D eigenvalue weighted by atomic mass is 10.2. The van der Waals surface area contributed by atoms with Gasteiger partial charge in [-0.2, -0.15) is 0 Å². The van der Waals surface area contributed by atoms with Crippen molar-refractivity contribution >= 4 is 17.3 Å². The lowest BCUT2D eigenvalue weighted by Gasteiger charge is -2.14. The van der Waals surface area contributed by atoms with Gasteiger partial charge in [-0.3, -0.25) is 0 Å². The molecule has 0 saturated heterocycles. The Morgan fingerprint density at radius 2 is 1.81 bits per heavy atom. The molecule has 6 heteroatoms. The normalized spacial score (nSPS) is 10.5. The van der Waals surface area contributed by atoms with Crippen LogP contribution >= 0.6 is 11.6 Å². The second kappa shape index (κ2) is 8.64. The number of anilines is 1. The molecule has 140 valence electrons. The molecule has 0 heterocycles. The summed E-state index contributed by atoms with van der Waals surface area (Å²) in [5, 5.41) is 12.9. The van der Waals surface area contributed by atoms with E-state index in [1.54, 1.807) is 49.6 Å². The third-order valence-electron chi connectivity index (χ3n) is 4.03. The molecule has 0 bridgehead atoms. The SMILES string of the molecule is COc1cc(CNc2ccc(O)cc2)ccc1OCc1c(F)cccc1Cl. The highest BCUT2D eigenvalue weighted by Crippen LogP contribution is 2.30. The standard InChI is InChI=1S/C21H19ClFNO3/c1-26-21-11-14(12-24-15-6-8-16(25)9-7-15)5-10-20(21)27-13-17-18(22)3-2-4-19(17)23/h2-11,24-25H,12-13H2,1H3. The van der Waals surface area contributed by atoms with Gasteiger partial charge in [0.2, 0.25) is 0 Å². The lowest BCUT2D eigenvalue weighted by molar-refractivity contribution is 0.279. The quantitative estimate of drug-likeness (QED) is 0.534. The molecular formula is C21H19ClFNO3. The van der Waals surface area contributed by atoms with E-state index in [1.165, 1.54) is 6.07 Å². The summed E-state index contributed by atoms with van der Waals surface area (Å²) >= 11 is 6.03. The molecule has 0 aromatic heterocycles. The van der Waals surface area contributed by atoms with Crippen molar-refractivity contribution in [1.29, 1.82) is 0 Å². The van der Waals surface area contributed by atoms with Gasteiger partial charge in [-0.25, -0.2) is 4.39 Å². The number of hydrogen-bond donors (Lipinski definition) is 2. The summed E-state index contributed by atoms with van der Waals surface area (Å²) in [4.78, 5) is 0. The number of ether oxygens (including phenoxy) is 2. The summed E-state index contributed by atoms with van der Waals surface area (Å²) in [6, 6.07) is 16.9. The minimum atomic E-state index is -0.406. The molecule has 0 aliphatic rings. The Kier molecular flexibility index (Phi) is 6.04.